The van der Waals surface area contributed by atoms with Crippen molar-refractivity contribution in [3.63, 3.8) is 0 Å². The van der Waals surface area contributed by atoms with Crippen LogP contribution < -0.4 is 67.1 Å². The molecule has 0 aromatic carbocycles. The molecule has 0 aromatic heterocycles. The number of ether oxygens (including phenoxy) is 3. The van der Waals surface area contributed by atoms with Gasteiger partial charge in [0.15, 0.2) is 0 Å². The van der Waals surface area contributed by atoms with Crippen LogP contribution >= 0.6 is 0 Å². The van der Waals surface area contributed by atoms with E-state index in [-0.39, 0.29) is 81.0 Å². The summed E-state index contributed by atoms with van der Waals surface area (Å²) in [7, 11) is 0.750. The molecule has 0 saturated heterocycles. The summed E-state index contributed by atoms with van der Waals surface area (Å²) in [5.74, 6) is 0. The van der Waals surface area contributed by atoms with E-state index in [4.69, 9.17) is 19.3 Å². The Morgan fingerprint density at radius 2 is 0.846 bits per heavy atom. The van der Waals surface area contributed by atoms with Crippen LogP contribution in [0.5, 0.6) is 0 Å². The third-order valence-corrected chi connectivity index (χ3v) is 13.3. The fourth-order valence-corrected chi connectivity index (χ4v) is 8.08. The zero-order valence-corrected chi connectivity index (χ0v) is 49.1. The van der Waals surface area contributed by atoms with Crippen molar-refractivity contribution in [2.24, 2.45) is 10.8 Å². The average molecular weight is 952 g/mol. The number of alkyl carbamates (subject to hydrolysis) is 1. The SMILES string of the molecule is CCCCCCCCCCCCCCCCCC.CCCCCCCCCCCCCCCCCCOCC(COC(=O)NCC(C)(C)C(C)(C)CC(C)OCCCC)NC=O.C[O-].[K+]. The standard InChI is InChI=1S/C37H74N2O5.C18H38.CH3O.K/c1-8-10-12-13-14-15-16-17-18-19-20-21-22-23-24-25-26-42-29-34(39-32-40)30-44-35(41)38-31-37(6,7)36(4,5)28-33(3)43-27-11-9-2;1-3-5-7-9-11-13-15-17-18-16-14-12-10-8-6-4-2;1-2;/h32-34H,8-31H2,1-7H3,(H,38,41)(H,39,40);3-18H2,1-2H3;1H3;/q;;-1;+1. The van der Waals surface area contributed by atoms with Gasteiger partial charge in [-0.25, -0.2) is 4.79 Å². The fraction of sp³-hybridized carbons (Fsp3) is 0.964. The molecule has 0 radical (unpaired) electrons. The Labute approximate surface area is 449 Å². The number of unbranched alkanes of at least 4 members (excludes halogenated alkanes) is 31. The van der Waals surface area contributed by atoms with E-state index in [0.29, 0.717) is 26.2 Å². The molecule has 8 nitrogen and oxygen atoms in total. The first-order chi connectivity index (χ1) is 31.0. The summed E-state index contributed by atoms with van der Waals surface area (Å²) in [4.78, 5) is 23.5. The van der Waals surface area contributed by atoms with Crippen molar-refractivity contribution in [1.82, 2.24) is 10.6 Å². The summed E-state index contributed by atoms with van der Waals surface area (Å²) < 4.78 is 17.2. The number of rotatable bonds is 47. The third kappa shape index (κ3) is 53.5. The van der Waals surface area contributed by atoms with Crippen molar-refractivity contribution in [3.8, 4) is 0 Å². The molecule has 0 saturated carbocycles. The number of amides is 2. The van der Waals surface area contributed by atoms with Gasteiger partial charge in [0, 0.05) is 19.8 Å². The molecule has 0 bridgehead atoms. The molecule has 0 spiro atoms. The first kappa shape index (κ1) is 71.8. The van der Waals surface area contributed by atoms with Crippen LogP contribution in [0.2, 0.25) is 0 Å². The summed E-state index contributed by atoms with van der Waals surface area (Å²) in [5, 5.41) is 13.9. The minimum Gasteiger partial charge on any atom is -0.857 e. The van der Waals surface area contributed by atoms with Gasteiger partial charge in [0.05, 0.1) is 18.8 Å². The molecular weight excluding hydrogens is 836 g/mol. The summed E-state index contributed by atoms with van der Waals surface area (Å²) in [6, 6.07) is -0.357. The number of carbonyl (C=O) groups excluding carboxylic acids is 2. The molecule has 0 rings (SSSR count). The van der Waals surface area contributed by atoms with E-state index in [1.807, 2.05) is 0 Å². The normalized spacial score (nSPS) is 12.2. The fourth-order valence-electron chi connectivity index (χ4n) is 8.08. The molecule has 65 heavy (non-hydrogen) atoms. The molecule has 2 N–H and O–H groups in total. The van der Waals surface area contributed by atoms with Crippen LogP contribution in [0.25, 0.3) is 0 Å². The van der Waals surface area contributed by atoms with E-state index in [9.17, 15) is 9.59 Å². The number of carbonyl (C=O) groups is 2. The van der Waals surface area contributed by atoms with Crippen LogP contribution in [0.4, 0.5) is 4.79 Å². The van der Waals surface area contributed by atoms with Gasteiger partial charge in [-0.15, -0.1) is 0 Å². The molecule has 386 valence electrons. The van der Waals surface area contributed by atoms with Gasteiger partial charge in [-0.05, 0) is 37.0 Å². The maximum Gasteiger partial charge on any atom is 1.00 e. The first-order valence-electron chi connectivity index (χ1n) is 27.7. The summed E-state index contributed by atoms with van der Waals surface area (Å²) in [5.41, 5.74) is -0.209. The van der Waals surface area contributed by atoms with Crippen LogP contribution in [0, 0.1) is 10.8 Å². The molecular formula is C56H115KN2O6. The molecule has 0 aliphatic rings. The Morgan fingerprint density at radius 3 is 1.18 bits per heavy atom. The first-order valence-corrected chi connectivity index (χ1v) is 27.7. The van der Waals surface area contributed by atoms with Crippen LogP contribution in [-0.2, 0) is 19.0 Å². The maximum absolute atomic E-state index is 12.4. The molecule has 0 aliphatic heterocycles. The Bertz CT molecular complexity index is 907. The van der Waals surface area contributed by atoms with Gasteiger partial charge in [-0.1, -0.05) is 261 Å². The molecule has 0 aromatic rings. The second kappa shape index (κ2) is 56.8. The smallest absolute Gasteiger partial charge is 0.857 e. The molecule has 2 amide bonds. The monoisotopic (exact) mass is 951 g/mol. The largest absolute Gasteiger partial charge is 1.00 e. The van der Waals surface area contributed by atoms with Crippen molar-refractivity contribution < 1.29 is 80.3 Å². The molecule has 0 fully saturated rings. The Balaban J connectivity index is -0.000000740. The Morgan fingerprint density at radius 1 is 0.508 bits per heavy atom. The van der Waals surface area contributed by atoms with E-state index in [1.54, 1.807) is 0 Å². The topological polar surface area (TPSA) is 109 Å². The third-order valence-electron chi connectivity index (χ3n) is 13.3. The van der Waals surface area contributed by atoms with Crippen LogP contribution in [0.1, 0.15) is 287 Å². The minimum absolute atomic E-state index is 0. The van der Waals surface area contributed by atoms with Gasteiger partial charge in [0.2, 0.25) is 6.41 Å². The van der Waals surface area contributed by atoms with Gasteiger partial charge in [-0.2, -0.15) is 7.11 Å². The van der Waals surface area contributed by atoms with Crippen molar-refractivity contribution >= 4 is 12.5 Å². The molecule has 2 atom stereocenters. The van der Waals surface area contributed by atoms with E-state index in [1.165, 1.54) is 199 Å². The number of hydrogen-bond acceptors (Lipinski definition) is 6. The molecule has 2 unspecified atom stereocenters. The zero-order chi connectivity index (χ0) is 48.3. The number of hydrogen-bond donors (Lipinski definition) is 2. The second-order valence-corrected chi connectivity index (χ2v) is 20.3. The van der Waals surface area contributed by atoms with Crippen molar-refractivity contribution in [3.05, 3.63) is 0 Å². The van der Waals surface area contributed by atoms with E-state index in [0.717, 1.165) is 39.4 Å². The van der Waals surface area contributed by atoms with Crippen molar-refractivity contribution in [2.75, 3.05) is 40.1 Å². The second-order valence-electron chi connectivity index (χ2n) is 20.3. The van der Waals surface area contributed by atoms with Gasteiger partial charge < -0.3 is 30.0 Å². The van der Waals surface area contributed by atoms with Crippen molar-refractivity contribution in [1.29, 1.82) is 0 Å². The summed E-state index contributed by atoms with van der Waals surface area (Å²) in [6.45, 7) is 22.3. The average Bonchev–Trinajstić information content (AvgIpc) is 3.28. The predicted molar refractivity (Wildman–Crippen MR) is 276 cm³/mol. The molecule has 0 aliphatic carbocycles. The summed E-state index contributed by atoms with van der Waals surface area (Å²) >= 11 is 0. The number of nitrogens with one attached hydrogen (secondary N) is 2. The van der Waals surface area contributed by atoms with E-state index < -0.39 is 6.09 Å². The van der Waals surface area contributed by atoms with Gasteiger partial charge in [0.25, 0.3) is 0 Å². The van der Waals surface area contributed by atoms with Crippen molar-refractivity contribution in [2.45, 2.75) is 299 Å². The predicted octanol–water partition coefficient (Wildman–Crippen LogP) is 13.0. The van der Waals surface area contributed by atoms with Gasteiger partial charge >= 0.3 is 57.5 Å². The van der Waals surface area contributed by atoms with E-state index >= 15 is 0 Å². The zero-order valence-electron chi connectivity index (χ0n) is 46.0. The van der Waals surface area contributed by atoms with Gasteiger partial charge in [-0.3, -0.25) is 4.79 Å². The molecule has 0 heterocycles. The minimum atomic E-state index is -0.475. The molecule has 9 heteroatoms. The Hall–Kier alpha value is 0.256. The van der Waals surface area contributed by atoms with E-state index in [2.05, 4.69) is 72.9 Å². The Kier molecular flexibility index (Phi) is 62.8. The maximum atomic E-state index is 12.4. The van der Waals surface area contributed by atoms with Crippen LogP contribution in [0.3, 0.4) is 0 Å². The quantitative estimate of drug-likeness (QED) is 0.0357. The van der Waals surface area contributed by atoms with Crippen LogP contribution in [0.15, 0.2) is 0 Å². The van der Waals surface area contributed by atoms with Crippen LogP contribution in [-0.4, -0.2) is 64.7 Å². The summed E-state index contributed by atoms with van der Waals surface area (Å²) in [6.07, 6.45) is 48.3. The van der Waals surface area contributed by atoms with Gasteiger partial charge in [0.1, 0.15) is 6.61 Å².